The van der Waals surface area contributed by atoms with Gasteiger partial charge in [-0.25, -0.2) is 8.78 Å². The van der Waals surface area contributed by atoms with Gasteiger partial charge in [0.25, 0.3) is 0 Å². The van der Waals surface area contributed by atoms with Crippen LogP contribution in [0.4, 0.5) is 8.78 Å². The standard InChI is InChI=1S/C11H12BrF2N/c1-6(2)3-10(15)11-8(13)4-7(12)5-9(11)14/h4-5,10H,1,3,15H2,2H3. The summed E-state index contributed by atoms with van der Waals surface area (Å²) in [5.74, 6) is -1.26. The highest BCUT2D eigenvalue weighted by atomic mass is 79.9. The monoisotopic (exact) mass is 275 g/mol. The summed E-state index contributed by atoms with van der Waals surface area (Å²) in [6, 6.07) is 1.73. The van der Waals surface area contributed by atoms with Crippen LogP contribution in [0.5, 0.6) is 0 Å². The SMILES string of the molecule is C=C(C)CC(N)c1c(F)cc(Br)cc1F. The molecule has 0 amide bonds. The molecular formula is C11H12BrF2N. The summed E-state index contributed by atoms with van der Waals surface area (Å²) in [4.78, 5) is 0. The van der Waals surface area contributed by atoms with E-state index in [-0.39, 0.29) is 5.56 Å². The Kier molecular flexibility index (Phi) is 3.99. The van der Waals surface area contributed by atoms with Gasteiger partial charge in [0.1, 0.15) is 11.6 Å². The number of hydrogen-bond acceptors (Lipinski definition) is 1. The molecule has 0 spiro atoms. The van der Waals surface area contributed by atoms with Crippen LogP contribution in [0, 0.1) is 11.6 Å². The van der Waals surface area contributed by atoms with Gasteiger partial charge in [-0.15, -0.1) is 6.58 Å². The van der Waals surface area contributed by atoms with Crippen LogP contribution >= 0.6 is 15.9 Å². The molecule has 4 heteroatoms. The van der Waals surface area contributed by atoms with Gasteiger partial charge in [0.05, 0.1) is 0 Å². The third-order valence-electron chi connectivity index (χ3n) is 1.98. The second-order valence-electron chi connectivity index (χ2n) is 3.55. The molecule has 0 aliphatic carbocycles. The second kappa shape index (κ2) is 4.86. The molecule has 1 aromatic rings. The van der Waals surface area contributed by atoms with Crippen molar-refractivity contribution in [3.05, 3.63) is 46.0 Å². The van der Waals surface area contributed by atoms with Crippen LogP contribution < -0.4 is 5.73 Å². The first-order valence-corrected chi connectivity index (χ1v) is 5.25. The summed E-state index contributed by atoms with van der Waals surface area (Å²) < 4.78 is 27.2. The Morgan fingerprint density at radius 2 is 1.93 bits per heavy atom. The minimum absolute atomic E-state index is 0.0822. The fourth-order valence-corrected chi connectivity index (χ4v) is 1.79. The predicted molar refractivity (Wildman–Crippen MR) is 60.4 cm³/mol. The molecule has 1 atom stereocenters. The number of hydrogen-bond donors (Lipinski definition) is 1. The molecule has 1 unspecified atom stereocenters. The van der Waals surface area contributed by atoms with Crippen LogP contribution in [0.15, 0.2) is 28.8 Å². The Morgan fingerprint density at radius 1 is 1.47 bits per heavy atom. The van der Waals surface area contributed by atoms with E-state index >= 15 is 0 Å². The van der Waals surface area contributed by atoms with E-state index in [2.05, 4.69) is 22.5 Å². The van der Waals surface area contributed by atoms with Crippen LogP contribution in [0.2, 0.25) is 0 Å². The van der Waals surface area contributed by atoms with Crippen molar-refractivity contribution in [2.45, 2.75) is 19.4 Å². The Bertz CT molecular complexity index is 367. The third kappa shape index (κ3) is 3.11. The average molecular weight is 276 g/mol. The van der Waals surface area contributed by atoms with Crippen molar-refractivity contribution in [2.75, 3.05) is 0 Å². The van der Waals surface area contributed by atoms with Gasteiger partial charge in [-0.1, -0.05) is 21.5 Å². The van der Waals surface area contributed by atoms with E-state index < -0.39 is 17.7 Å². The van der Waals surface area contributed by atoms with Crippen molar-refractivity contribution in [3.63, 3.8) is 0 Å². The number of rotatable bonds is 3. The average Bonchev–Trinajstić information content (AvgIpc) is 1.99. The highest BCUT2D eigenvalue weighted by Crippen LogP contribution is 2.26. The molecule has 0 radical (unpaired) electrons. The first-order valence-electron chi connectivity index (χ1n) is 4.46. The summed E-state index contributed by atoms with van der Waals surface area (Å²) in [5, 5.41) is 0. The summed E-state index contributed by atoms with van der Waals surface area (Å²) >= 11 is 3.01. The van der Waals surface area contributed by atoms with E-state index in [4.69, 9.17) is 5.73 Å². The lowest BCUT2D eigenvalue weighted by atomic mass is 10.0. The van der Waals surface area contributed by atoms with Gasteiger partial charge in [-0.3, -0.25) is 0 Å². The molecule has 1 nitrogen and oxygen atoms in total. The normalized spacial score (nSPS) is 12.6. The summed E-state index contributed by atoms with van der Waals surface area (Å²) in [6.45, 7) is 5.44. The second-order valence-corrected chi connectivity index (χ2v) is 4.47. The first-order chi connectivity index (χ1) is 6.91. The zero-order chi connectivity index (χ0) is 11.6. The molecule has 0 heterocycles. The molecule has 0 fully saturated rings. The molecule has 1 aromatic carbocycles. The maximum Gasteiger partial charge on any atom is 0.132 e. The van der Waals surface area contributed by atoms with Gasteiger partial charge in [-0.05, 0) is 25.5 Å². The molecule has 1 rings (SSSR count). The van der Waals surface area contributed by atoms with Crippen LogP contribution in [-0.2, 0) is 0 Å². The van der Waals surface area contributed by atoms with Crippen LogP contribution in [0.25, 0.3) is 0 Å². The molecule has 82 valence electrons. The number of halogens is 3. The molecule has 2 N–H and O–H groups in total. The lowest BCUT2D eigenvalue weighted by Gasteiger charge is -2.14. The molecule has 0 aliphatic rings. The number of nitrogens with two attached hydrogens (primary N) is 1. The van der Waals surface area contributed by atoms with E-state index in [1.165, 1.54) is 12.1 Å². The zero-order valence-electron chi connectivity index (χ0n) is 8.36. The van der Waals surface area contributed by atoms with E-state index in [0.717, 1.165) is 5.57 Å². The van der Waals surface area contributed by atoms with Gasteiger partial charge in [0.15, 0.2) is 0 Å². The maximum absolute atomic E-state index is 13.4. The fourth-order valence-electron chi connectivity index (χ4n) is 1.39. The van der Waals surface area contributed by atoms with Gasteiger partial charge in [0.2, 0.25) is 0 Å². The summed E-state index contributed by atoms with van der Waals surface area (Å²) in [5.41, 5.74) is 6.40. The molecule has 0 saturated heterocycles. The molecule has 0 saturated carbocycles. The fraction of sp³-hybridized carbons (Fsp3) is 0.273. The van der Waals surface area contributed by atoms with Crippen molar-refractivity contribution in [2.24, 2.45) is 5.73 Å². The minimum atomic E-state index is -0.685. The largest absolute Gasteiger partial charge is 0.324 e. The zero-order valence-corrected chi connectivity index (χ0v) is 9.94. The van der Waals surface area contributed by atoms with E-state index in [0.29, 0.717) is 10.9 Å². The Balaban J connectivity index is 3.08. The lowest BCUT2D eigenvalue weighted by molar-refractivity contribution is 0.523. The van der Waals surface area contributed by atoms with Crippen molar-refractivity contribution < 1.29 is 8.78 Å². The molecule has 0 bridgehead atoms. The highest BCUT2D eigenvalue weighted by Gasteiger charge is 2.17. The molecule has 15 heavy (non-hydrogen) atoms. The van der Waals surface area contributed by atoms with Gasteiger partial charge in [-0.2, -0.15) is 0 Å². The third-order valence-corrected chi connectivity index (χ3v) is 2.44. The van der Waals surface area contributed by atoms with Crippen LogP contribution in [0.3, 0.4) is 0 Å². The van der Waals surface area contributed by atoms with Crippen molar-refractivity contribution in [3.8, 4) is 0 Å². The quantitative estimate of drug-likeness (QED) is 0.837. The van der Waals surface area contributed by atoms with Gasteiger partial charge >= 0.3 is 0 Å². The predicted octanol–water partition coefficient (Wildman–Crippen LogP) is 3.69. The summed E-state index contributed by atoms with van der Waals surface area (Å²) in [6.07, 6.45) is 0.371. The van der Waals surface area contributed by atoms with Crippen LogP contribution in [-0.4, -0.2) is 0 Å². The maximum atomic E-state index is 13.4. The van der Waals surface area contributed by atoms with Crippen molar-refractivity contribution in [1.29, 1.82) is 0 Å². The Hall–Kier alpha value is -0.740. The van der Waals surface area contributed by atoms with E-state index in [1.807, 2.05) is 0 Å². The molecular weight excluding hydrogens is 264 g/mol. The van der Waals surface area contributed by atoms with E-state index in [9.17, 15) is 8.78 Å². The topological polar surface area (TPSA) is 26.0 Å². The Morgan fingerprint density at radius 3 is 2.33 bits per heavy atom. The Labute approximate surface area is 96.1 Å². The van der Waals surface area contributed by atoms with Crippen LogP contribution in [0.1, 0.15) is 24.9 Å². The number of benzene rings is 1. The van der Waals surface area contributed by atoms with E-state index in [1.54, 1.807) is 6.92 Å². The molecule has 0 aromatic heterocycles. The van der Waals surface area contributed by atoms with Crippen molar-refractivity contribution >= 4 is 15.9 Å². The first kappa shape index (κ1) is 12.3. The van der Waals surface area contributed by atoms with Gasteiger partial charge < -0.3 is 5.73 Å². The van der Waals surface area contributed by atoms with Gasteiger partial charge in [0, 0.05) is 16.1 Å². The molecule has 0 aliphatic heterocycles. The smallest absolute Gasteiger partial charge is 0.132 e. The lowest BCUT2D eigenvalue weighted by Crippen LogP contribution is -2.14. The minimum Gasteiger partial charge on any atom is -0.324 e. The summed E-state index contributed by atoms with van der Waals surface area (Å²) in [7, 11) is 0. The van der Waals surface area contributed by atoms with Crippen molar-refractivity contribution in [1.82, 2.24) is 0 Å². The highest BCUT2D eigenvalue weighted by molar-refractivity contribution is 9.10.